The van der Waals surface area contributed by atoms with Crippen molar-refractivity contribution in [2.75, 3.05) is 0 Å². The van der Waals surface area contributed by atoms with Gasteiger partial charge in [0, 0.05) is 0 Å². The van der Waals surface area contributed by atoms with Gasteiger partial charge in [0.2, 0.25) is 0 Å². The molecule has 0 radical (unpaired) electrons. The van der Waals surface area contributed by atoms with Crippen LogP contribution in [0.4, 0.5) is 0 Å². The lowest BCUT2D eigenvalue weighted by atomic mass is 9.64. The Labute approximate surface area is 95.5 Å². The number of hydrogen-bond donors (Lipinski definition) is 0. The molecule has 0 unspecified atom stereocenters. The number of rotatable bonds is 1. The first kappa shape index (κ1) is 10.3. The van der Waals surface area contributed by atoms with Gasteiger partial charge in [-0.15, -0.1) is 0 Å². The molecule has 1 heterocycles. The third-order valence-electron chi connectivity index (χ3n) is 5.46. The molecule has 2 bridgehead atoms. The predicted molar refractivity (Wildman–Crippen MR) is 57.3 cm³/mol. The summed E-state index contributed by atoms with van der Waals surface area (Å²) in [6, 6.07) is 0. The highest BCUT2D eigenvalue weighted by Gasteiger charge is 2.72. The molecule has 3 heteroatoms. The molecule has 2 saturated carbocycles. The van der Waals surface area contributed by atoms with Gasteiger partial charge in [0.15, 0.2) is 0 Å². The Hall–Kier alpha value is -0.860. The van der Waals surface area contributed by atoms with Crippen LogP contribution in [0.2, 0.25) is 0 Å². The van der Waals surface area contributed by atoms with Crippen molar-refractivity contribution in [2.24, 2.45) is 28.6 Å². The normalized spacial score (nSPS) is 50.0. The van der Waals surface area contributed by atoms with Gasteiger partial charge in [0.05, 0.1) is 11.8 Å². The van der Waals surface area contributed by atoms with Gasteiger partial charge in [-0.3, -0.25) is 9.59 Å². The number of carbonyl (C=O) groups is 2. The highest BCUT2D eigenvalue weighted by atomic mass is 16.6. The van der Waals surface area contributed by atoms with Crippen molar-refractivity contribution in [3.05, 3.63) is 0 Å². The first-order valence-corrected chi connectivity index (χ1v) is 6.16. The second-order valence-corrected chi connectivity index (χ2v) is 6.41. The van der Waals surface area contributed by atoms with Gasteiger partial charge < -0.3 is 4.74 Å². The summed E-state index contributed by atoms with van der Waals surface area (Å²) in [5, 5.41) is 0. The van der Waals surface area contributed by atoms with Crippen molar-refractivity contribution in [1.29, 1.82) is 0 Å². The van der Waals surface area contributed by atoms with Gasteiger partial charge in [-0.25, -0.2) is 0 Å². The smallest absolute Gasteiger partial charge is 0.318 e. The SMILES string of the molecule is CC(C)[C@@]12CC[C@@](C)(C1)[C@@H]1C(=O)OC(=O)[C@@H]12. The van der Waals surface area contributed by atoms with Gasteiger partial charge in [-0.2, -0.15) is 0 Å². The Bertz CT molecular complexity index is 387. The maximum absolute atomic E-state index is 11.9. The van der Waals surface area contributed by atoms with Crippen molar-refractivity contribution in [3.8, 4) is 0 Å². The van der Waals surface area contributed by atoms with E-state index in [1.54, 1.807) is 0 Å². The van der Waals surface area contributed by atoms with E-state index in [2.05, 4.69) is 20.8 Å². The summed E-state index contributed by atoms with van der Waals surface area (Å²) in [5.41, 5.74) is 0.0425. The van der Waals surface area contributed by atoms with Crippen LogP contribution in [0.3, 0.4) is 0 Å². The van der Waals surface area contributed by atoms with Crippen LogP contribution >= 0.6 is 0 Å². The molecule has 0 amide bonds. The Morgan fingerprint density at radius 2 is 1.81 bits per heavy atom. The summed E-state index contributed by atoms with van der Waals surface area (Å²) in [7, 11) is 0. The first-order valence-electron chi connectivity index (χ1n) is 6.16. The lowest BCUT2D eigenvalue weighted by molar-refractivity contribution is -0.156. The number of cyclic esters (lactones) is 2. The Morgan fingerprint density at radius 3 is 2.44 bits per heavy atom. The number of esters is 2. The Kier molecular flexibility index (Phi) is 1.73. The maximum Gasteiger partial charge on any atom is 0.318 e. The van der Waals surface area contributed by atoms with Crippen molar-refractivity contribution >= 4 is 11.9 Å². The quantitative estimate of drug-likeness (QED) is 0.504. The van der Waals surface area contributed by atoms with E-state index in [4.69, 9.17) is 4.74 Å². The standard InChI is InChI=1S/C13H18O3/c1-7(2)13-5-4-12(3,6-13)8-9(13)11(15)16-10(8)14/h7-9H,4-6H2,1-3H3/t8-,9+,12-,13+/m0/s1. The summed E-state index contributed by atoms with van der Waals surface area (Å²) < 4.78 is 4.87. The molecule has 16 heavy (non-hydrogen) atoms. The molecule has 3 nitrogen and oxygen atoms in total. The summed E-state index contributed by atoms with van der Waals surface area (Å²) >= 11 is 0. The van der Waals surface area contributed by atoms with Crippen LogP contribution in [0.15, 0.2) is 0 Å². The molecule has 0 aromatic rings. The van der Waals surface area contributed by atoms with Gasteiger partial charge >= 0.3 is 11.9 Å². The van der Waals surface area contributed by atoms with Gasteiger partial charge in [-0.1, -0.05) is 20.8 Å². The monoisotopic (exact) mass is 222 g/mol. The molecule has 3 fully saturated rings. The Balaban J connectivity index is 2.12. The van der Waals surface area contributed by atoms with Crippen LogP contribution < -0.4 is 0 Å². The minimum atomic E-state index is -0.264. The van der Waals surface area contributed by atoms with E-state index in [0.29, 0.717) is 5.92 Å². The van der Waals surface area contributed by atoms with E-state index in [-0.39, 0.29) is 34.6 Å². The topological polar surface area (TPSA) is 43.4 Å². The van der Waals surface area contributed by atoms with E-state index < -0.39 is 0 Å². The summed E-state index contributed by atoms with van der Waals surface area (Å²) in [6.45, 7) is 6.50. The second-order valence-electron chi connectivity index (χ2n) is 6.41. The highest BCUT2D eigenvalue weighted by molar-refractivity contribution is 5.98. The van der Waals surface area contributed by atoms with Crippen LogP contribution in [0.25, 0.3) is 0 Å². The second kappa shape index (κ2) is 2.69. The van der Waals surface area contributed by atoms with Crippen LogP contribution in [-0.4, -0.2) is 11.9 Å². The lowest BCUT2D eigenvalue weighted by Gasteiger charge is -2.36. The predicted octanol–water partition coefficient (Wildman–Crippen LogP) is 2.15. The largest absolute Gasteiger partial charge is 0.393 e. The van der Waals surface area contributed by atoms with E-state index in [0.717, 1.165) is 19.3 Å². The van der Waals surface area contributed by atoms with Gasteiger partial charge in [0.25, 0.3) is 0 Å². The summed E-state index contributed by atoms with van der Waals surface area (Å²) in [5.74, 6) is -0.385. The fourth-order valence-corrected chi connectivity index (χ4v) is 4.58. The van der Waals surface area contributed by atoms with E-state index in [1.807, 2.05) is 0 Å². The zero-order valence-corrected chi connectivity index (χ0v) is 10.1. The average molecular weight is 222 g/mol. The fraction of sp³-hybridized carbons (Fsp3) is 0.846. The molecule has 88 valence electrons. The van der Waals surface area contributed by atoms with E-state index in [1.165, 1.54) is 0 Å². The molecule has 0 N–H and O–H groups in total. The number of hydrogen-bond acceptors (Lipinski definition) is 3. The van der Waals surface area contributed by atoms with Crippen LogP contribution in [0.5, 0.6) is 0 Å². The van der Waals surface area contributed by atoms with E-state index in [9.17, 15) is 9.59 Å². The molecule has 1 aliphatic heterocycles. The van der Waals surface area contributed by atoms with Gasteiger partial charge in [-0.05, 0) is 36.0 Å². The summed E-state index contributed by atoms with van der Waals surface area (Å²) in [6.07, 6.45) is 3.16. The zero-order valence-electron chi connectivity index (χ0n) is 10.1. The van der Waals surface area contributed by atoms with Crippen LogP contribution in [0, 0.1) is 28.6 Å². The zero-order chi connectivity index (χ0) is 11.7. The first-order chi connectivity index (χ1) is 7.41. The lowest BCUT2D eigenvalue weighted by Crippen LogP contribution is -2.38. The molecule has 3 aliphatic rings. The minimum absolute atomic E-state index is 0.0121. The number of ether oxygens (including phenoxy) is 1. The van der Waals surface area contributed by atoms with E-state index >= 15 is 0 Å². The maximum atomic E-state index is 11.9. The number of carbonyl (C=O) groups excluding carboxylic acids is 2. The fourth-order valence-electron chi connectivity index (χ4n) is 4.58. The summed E-state index contributed by atoms with van der Waals surface area (Å²) in [4.78, 5) is 23.6. The molecular weight excluding hydrogens is 204 g/mol. The third kappa shape index (κ3) is 0.910. The molecular formula is C13H18O3. The average Bonchev–Trinajstić information content (AvgIpc) is 2.75. The van der Waals surface area contributed by atoms with Crippen LogP contribution in [-0.2, 0) is 14.3 Å². The molecule has 0 aromatic carbocycles. The van der Waals surface area contributed by atoms with Crippen LogP contribution in [0.1, 0.15) is 40.0 Å². The minimum Gasteiger partial charge on any atom is -0.393 e. The molecule has 0 aromatic heterocycles. The number of fused-ring (bicyclic) bond motifs is 5. The molecule has 3 rings (SSSR count). The van der Waals surface area contributed by atoms with Gasteiger partial charge in [0.1, 0.15) is 0 Å². The van der Waals surface area contributed by atoms with Crippen molar-refractivity contribution in [1.82, 2.24) is 0 Å². The van der Waals surface area contributed by atoms with Crippen molar-refractivity contribution < 1.29 is 14.3 Å². The Morgan fingerprint density at radius 1 is 1.19 bits per heavy atom. The third-order valence-corrected chi connectivity index (χ3v) is 5.46. The molecule has 4 atom stereocenters. The van der Waals surface area contributed by atoms with Crippen molar-refractivity contribution in [3.63, 3.8) is 0 Å². The van der Waals surface area contributed by atoms with Crippen molar-refractivity contribution in [2.45, 2.75) is 40.0 Å². The molecule has 1 saturated heterocycles. The molecule has 0 spiro atoms. The molecule has 2 aliphatic carbocycles. The highest BCUT2D eigenvalue weighted by Crippen LogP contribution is 2.71.